The van der Waals surface area contributed by atoms with Crippen LogP contribution in [0.4, 0.5) is 4.39 Å². The molecule has 6 nitrogen and oxygen atoms in total. The number of hydrogen-bond acceptors (Lipinski definition) is 4. The van der Waals surface area contributed by atoms with E-state index in [0.717, 1.165) is 38.0 Å². The Labute approximate surface area is 226 Å². The molecule has 2 saturated heterocycles. The number of unbranched alkanes of at least 4 members (excludes halogenated alkanes) is 1. The fourth-order valence-corrected chi connectivity index (χ4v) is 5.29. The summed E-state index contributed by atoms with van der Waals surface area (Å²) in [5, 5.41) is 3.07. The number of amides is 2. The molecule has 0 aliphatic carbocycles. The maximum Gasteiger partial charge on any atom is 0.246 e. The molecule has 0 unspecified atom stereocenters. The molecule has 4 rings (SSSR count). The highest BCUT2D eigenvalue weighted by atomic mass is 35.5. The van der Waals surface area contributed by atoms with Crippen molar-refractivity contribution in [2.75, 3.05) is 19.6 Å². The largest absolute Gasteiger partial charge is 0.457 e. The number of benzene rings is 2. The fraction of sp³-hybridized carbons (Fsp3) is 0.517. The predicted octanol–water partition coefficient (Wildman–Crippen LogP) is 5.55. The van der Waals surface area contributed by atoms with Gasteiger partial charge >= 0.3 is 0 Å². The first-order valence-corrected chi connectivity index (χ1v) is 13.2. The highest BCUT2D eigenvalue weighted by Crippen LogP contribution is 2.35. The molecule has 0 saturated carbocycles. The van der Waals surface area contributed by atoms with Crippen LogP contribution in [0, 0.1) is 11.7 Å². The van der Waals surface area contributed by atoms with Gasteiger partial charge in [-0.25, -0.2) is 4.39 Å². The van der Waals surface area contributed by atoms with Crippen LogP contribution < -0.4 is 10.1 Å². The third-order valence-electron chi connectivity index (χ3n) is 7.31. The van der Waals surface area contributed by atoms with Gasteiger partial charge in [-0.1, -0.05) is 39.3 Å². The lowest BCUT2D eigenvalue weighted by molar-refractivity contribution is -0.161. The second-order valence-corrected chi connectivity index (χ2v) is 10.5. The molecule has 2 aromatic carbocycles. The summed E-state index contributed by atoms with van der Waals surface area (Å²) in [6.45, 7) is 9.21. The molecule has 1 atom stereocenters. The minimum atomic E-state index is -0.733. The first-order valence-electron chi connectivity index (χ1n) is 13.2. The normalized spacial score (nSPS) is 19.6. The minimum Gasteiger partial charge on any atom is -0.457 e. The molecule has 2 aliphatic heterocycles. The van der Waals surface area contributed by atoms with Gasteiger partial charge in [-0.3, -0.25) is 14.5 Å². The lowest BCUT2D eigenvalue weighted by atomic mass is 9.80. The van der Waals surface area contributed by atoms with Crippen molar-refractivity contribution < 1.29 is 18.7 Å². The standard InChI is InChI=1S/C29H38FN3O3.ClH/c1-4-5-16-33-27(34)26(19-21(2)3)31-28(35)29(33)14-17-32(18-15-29)20-22-6-10-24(11-7-22)36-25-12-8-23(30)9-13-25;/h6-13,21,26H,4-5,14-20H2,1-3H3,(H,31,35);1H/t26-;/m0./s1. The number of rotatable bonds is 9. The van der Waals surface area contributed by atoms with Gasteiger partial charge < -0.3 is 15.0 Å². The van der Waals surface area contributed by atoms with Crippen LogP contribution in [0.15, 0.2) is 48.5 Å². The smallest absolute Gasteiger partial charge is 0.246 e. The highest BCUT2D eigenvalue weighted by molar-refractivity contribution is 6.00. The van der Waals surface area contributed by atoms with Crippen LogP contribution in [0.1, 0.15) is 58.4 Å². The lowest BCUT2D eigenvalue weighted by Crippen LogP contribution is -2.73. The van der Waals surface area contributed by atoms with Crippen LogP contribution in [-0.2, 0) is 16.1 Å². The summed E-state index contributed by atoms with van der Waals surface area (Å²) in [7, 11) is 0. The Kier molecular flexibility index (Phi) is 9.96. The monoisotopic (exact) mass is 531 g/mol. The lowest BCUT2D eigenvalue weighted by Gasteiger charge is -2.52. The second-order valence-electron chi connectivity index (χ2n) is 10.5. The Morgan fingerprint density at radius 2 is 1.62 bits per heavy atom. The van der Waals surface area contributed by atoms with E-state index in [9.17, 15) is 14.0 Å². The molecule has 2 aromatic rings. The Balaban J connectivity index is 0.00000380. The third kappa shape index (κ3) is 6.82. The van der Waals surface area contributed by atoms with Crippen molar-refractivity contribution in [3.63, 3.8) is 0 Å². The van der Waals surface area contributed by atoms with E-state index in [0.29, 0.717) is 43.2 Å². The number of carbonyl (C=O) groups excluding carboxylic acids is 2. The van der Waals surface area contributed by atoms with E-state index in [1.807, 2.05) is 29.2 Å². The molecule has 2 aliphatic rings. The molecule has 8 heteroatoms. The number of piperazine rings is 1. The summed E-state index contributed by atoms with van der Waals surface area (Å²) >= 11 is 0. The summed E-state index contributed by atoms with van der Waals surface area (Å²) in [6, 6.07) is 13.4. The van der Waals surface area contributed by atoms with Gasteiger partial charge in [0.25, 0.3) is 0 Å². The summed E-state index contributed by atoms with van der Waals surface area (Å²) in [5.41, 5.74) is 0.421. The summed E-state index contributed by atoms with van der Waals surface area (Å²) in [4.78, 5) is 31.1. The predicted molar refractivity (Wildman–Crippen MR) is 145 cm³/mol. The molecule has 1 N–H and O–H groups in total. The number of ether oxygens (including phenoxy) is 1. The van der Waals surface area contributed by atoms with Gasteiger partial charge in [0.1, 0.15) is 28.9 Å². The molecule has 2 heterocycles. The van der Waals surface area contributed by atoms with Crippen molar-refractivity contribution in [3.8, 4) is 11.5 Å². The zero-order chi connectivity index (χ0) is 25.7. The van der Waals surface area contributed by atoms with E-state index in [1.54, 1.807) is 12.1 Å². The highest BCUT2D eigenvalue weighted by Gasteiger charge is 2.53. The Hall–Kier alpha value is -2.64. The van der Waals surface area contributed by atoms with E-state index < -0.39 is 11.6 Å². The molecule has 2 amide bonds. The van der Waals surface area contributed by atoms with Crippen LogP contribution in [0.25, 0.3) is 0 Å². The molecule has 0 aromatic heterocycles. The van der Waals surface area contributed by atoms with Gasteiger partial charge in [0.15, 0.2) is 0 Å². The molecule has 37 heavy (non-hydrogen) atoms. The van der Waals surface area contributed by atoms with Gasteiger partial charge in [0.05, 0.1) is 0 Å². The van der Waals surface area contributed by atoms with Gasteiger partial charge in [-0.2, -0.15) is 0 Å². The molecule has 2 fully saturated rings. The SMILES string of the molecule is CCCCN1C(=O)[C@H](CC(C)C)NC(=O)C12CCN(Cc1ccc(Oc3ccc(F)cc3)cc1)CC2.Cl. The maximum absolute atomic E-state index is 13.4. The topological polar surface area (TPSA) is 61.9 Å². The van der Waals surface area contributed by atoms with Crippen molar-refractivity contribution in [2.45, 2.75) is 71.0 Å². The van der Waals surface area contributed by atoms with Crippen molar-refractivity contribution in [2.24, 2.45) is 5.92 Å². The fourth-order valence-electron chi connectivity index (χ4n) is 5.29. The van der Waals surface area contributed by atoms with Crippen LogP contribution in [-0.4, -0.2) is 52.8 Å². The van der Waals surface area contributed by atoms with Crippen LogP contribution in [0.5, 0.6) is 11.5 Å². The molecule has 0 radical (unpaired) electrons. The third-order valence-corrected chi connectivity index (χ3v) is 7.31. The number of nitrogens with one attached hydrogen (secondary N) is 1. The number of hydrogen-bond donors (Lipinski definition) is 1. The first-order chi connectivity index (χ1) is 17.3. The second kappa shape index (κ2) is 12.7. The number of likely N-dealkylation sites (tertiary alicyclic amines) is 1. The van der Waals surface area contributed by atoms with Crippen molar-refractivity contribution >= 4 is 24.2 Å². The molecular formula is C29H39ClFN3O3. The molecule has 202 valence electrons. The molecular weight excluding hydrogens is 493 g/mol. The van der Waals surface area contributed by atoms with E-state index in [2.05, 4.69) is 31.0 Å². The minimum absolute atomic E-state index is 0. The Morgan fingerprint density at radius 3 is 2.19 bits per heavy atom. The average Bonchev–Trinajstić information content (AvgIpc) is 2.86. The van der Waals surface area contributed by atoms with Crippen LogP contribution in [0.3, 0.4) is 0 Å². The van der Waals surface area contributed by atoms with Gasteiger partial charge in [-0.15, -0.1) is 12.4 Å². The Morgan fingerprint density at radius 1 is 1.03 bits per heavy atom. The molecule has 1 spiro atoms. The number of halogens is 2. The number of carbonyl (C=O) groups is 2. The van der Waals surface area contributed by atoms with Crippen molar-refractivity contribution in [3.05, 3.63) is 59.9 Å². The van der Waals surface area contributed by atoms with Crippen LogP contribution in [0.2, 0.25) is 0 Å². The van der Waals surface area contributed by atoms with E-state index in [-0.39, 0.29) is 30.0 Å². The van der Waals surface area contributed by atoms with Crippen LogP contribution >= 0.6 is 12.4 Å². The van der Waals surface area contributed by atoms with E-state index in [4.69, 9.17) is 4.74 Å². The van der Waals surface area contributed by atoms with E-state index in [1.165, 1.54) is 12.1 Å². The quantitative estimate of drug-likeness (QED) is 0.461. The van der Waals surface area contributed by atoms with E-state index >= 15 is 0 Å². The summed E-state index contributed by atoms with van der Waals surface area (Å²) in [6.07, 6.45) is 3.87. The number of nitrogens with zero attached hydrogens (tertiary/aromatic N) is 2. The number of piperidine rings is 1. The summed E-state index contributed by atoms with van der Waals surface area (Å²) < 4.78 is 18.9. The van der Waals surface area contributed by atoms with Crippen molar-refractivity contribution in [1.82, 2.24) is 15.1 Å². The maximum atomic E-state index is 13.4. The average molecular weight is 532 g/mol. The van der Waals surface area contributed by atoms with Gasteiger partial charge in [-0.05, 0) is 73.6 Å². The Bertz CT molecular complexity index is 1040. The summed E-state index contributed by atoms with van der Waals surface area (Å²) in [5.74, 6) is 1.44. The zero-order valence-electron chi connectivity index (χ0n) is 22.0. The van der Waals surface area contributed by atoms with Gasteiger partial charge in [0.2, 0.25) is 11.8 Å². The molecule has 0 bridgehead atoms. The van der Waals surface area contributed by atoms with Gasteiger partial charge in [0, 0.05) is 26.2 Å². The first kappa shape index (κ1) is 28.9. The van der Waals surface area contributed by atoms with Crippen molar-refractivity contribution in [1.29, 1.82) is 0 Å². The zero-order valence-corrected chi connectivity index (χ0v) is 22.9.